The maximum absolute atomic E-state index is 11.8. The van der Waals surface area contributed by atoms with Crippen molar-refractivity contribution in [1.82, 2.24) is 0 Å². The van der Waals surface area contributed by atoms with Crippen molar-refractivity contribution in [2.45, 2.75) is 13.8 Å². The van der Waals surface area contributed by atoms with Gasteiger partial charge in [0, 0.05) is 7.26 Å². The van der Waals surface area contributed by atoms with Crippen LogP contribution >= 0.6 is 7.26 Å². The Morgan fingerprint density at radius 3 is 2.39 bits per heavy atom. The Hall–Kier alpha value is -1.14. The second-order valence-electron chi connectivity index (χ2n) is 4.71. The van der Waals surface area contributed by atoms with Crippen LogP contribution < -0.4 is 5.30 Å². The van der Waals surface area contributed by atoms with Gasteiger partial charge >= 0.3 is 5.97 Å². The number of carbonyl (C=O) groups excluding carboxylic acids is 1. The SMILES string of the molecule is C/C=C(\C[P+](C)(C)c1ccccc1)C(=O)OCC. The predicted molar refractivity (Wildman–Crippen MR) is 80.1 cm³/mol. The molecular weight excluding hydrogens is 243 g/mol. The van der Waals surface area contributed by atoms with E-state index in [0.29, 0.717) is 6.61 Å². The van der Waals surface area contributed by atoms with Gasteiger partial charge in [0.25, 0.3) is 0 Å². The Balaban J connectivity index is 2.85. The van der Waals surface area contributed by atoms with Crippen LogP contribution in [-0.2, 0) is 9.53 Å². The van der Waals surface area contributed by atoms with Crippen LogP contribution in [0.3, 0.4) is 0 Å². The van der Waals surface area contributed by atoms with Crippen LogP contribution in [0.4, 0.5) is 0 Å². The van der Waals surface area contributed by atoms with E-state index in [4.69, 9.17) is 4.74 Å². The molecule has 0 heterocycles. The Kier molecular flexibility index (Phi) is 5.55. The van der Waals surface area contributed by atoms with Gasteiger partial charge in [-0.15, -0.1) is 0 Å². The van der Waals surface area contributed by atoms with Crippen molar-refractivity contribution >= 4 is 18.5 Å². The van der Waals surface area contributed by atoms with Crippen molar-refractivity contribution in [3.8, 4) is 0 Å². The molecule has 0 aromatic heterocycles. The molecule has 0 saturated heterocycles. The Labute approximate surface area is 110 Å². The highest BCUT2D eigenvalue weighted by Crippen LogP contribution is 2.51. The van der Waals surface area contributed by atoms with Gasteiger partial charge in [-0.2, -0.15) is 0 Å². The minimum absolute atomic E-state index is 0.177. The third kappa shape index (κ3) is 3.96. The first-order valence-corrected chi connectivity index (χ1v) is 9.09. The topological polar surface area (TPSA) is 26.3 Å². The lowest BCUT2D eigenvalue weighted by atomic mass is 10.3. The standard InChI is InChI=1S/C15H22O2P/c1-5-13(15(16)17-6-2)12-18(3,4)14-10-8-7-9-11-14/h5,7-11H,6,12H2,1-4H3/q+1/b13-5+. The molecule has 18 heavy (non-hydrogen) atoms. The Morgan fingerprint density at radius 1 is 1.28 bits per heavy atom. The molecule has 1 aromatic carbocycles. The summed E-state index contributed by atoms with van der Waals surface area (Å²) in [6.07, 6.45) is 2.68. The van der Waals surface area contributed by atoms with Gasteiger partial charge < -0.3 is 4.74 Å². The van der Waals surface area contributed by atoms with E-state index in [9.17, 15) is 4.79 Å². The van der Waals surface area contributed by atoms with E-state index < -0.39 is 7.26 Å². The summed E-state index contributed by atoms with van der Waals surface area (Å²) in [4.78, 5) is 11.8. The number of hydrogen-bond acceptors (Lipinski definition) is 2. The quantitative estimate of drug-likeness (QED) is 0.464. The van der Waals surface area contributed by atoms with E-state index in [1.807, 2.05) is 26.0 Å². The second-order valence-corrected chi connectivity index (χ2v) is 8.92. The second kappa shape index (κ2) is 6.70. The maximum Gasteiger partial charge on any atom is 0.337 e. The summed E-state index contributed by atoms with van der Waals surface area (Å²) in [6.45, 7) is 8.68. The third-order valence-corrected chi connectivity index (χ3v) is 5.73. The monoisotopic (exact) mass is 265 g/mol. The number of carbonyl (C=O) groups is 1. The molecule has 1 aromatic rings. The van der Waals surface area contributed by atoms with E-state index in [2.05, 4.69) is 37.6 Å². The Bertz CT molecular complexity index is 421. The van der Waals surface area contributed by atoms with E-state index >= 15 is 0 Å². The average molecular weight is 265 g/mol. The summed E-state index contributed by atoms with van der Waals surface area (Å²) in [5.41, 5.74) is 0.791. The minimum atomic E-state index is -1.31. The zero-order valence-electron chi connectivity index (χ0n) is 11.6. The molecule has 0 spiro atoms. The first-order valence-electron chi connectivity index (χ1n) is 6.22. The van der Waals surface area contributed by atoms with Crippen LogP contribution in [0.5, 0.6) is 0 Å². The summed E-state index contributed by atoms with van der Waals surface area (Å²) < 4.78 is 5.09. The molecule has 2 nitrogen and oxygen atoms in total. The van der Waals surface area contributed by atoms with Gasteiger partial charge in [0.1, 0.15) is 0 Å². The van der Waals surface area contributed by atoms with Gasteiger partial charge in [-0.25, -0.2) is 4.79 Å². The molecule has 0 atom stereocenters. The average Bonchev–Trinajstić information content (AvgIpc) is 2.37. The predicted octanol–water partition coefficient (Wildman–Crippen LogP) is 3.10. The zero-order valence-corrected chi connectivity index (χ0v) is 12.5. The molecule has 3 heteroatoms. The van der Waals surface area contributed by atoms with Crippen molar-refractivity contribution in [2.75, 3.05) is 26.1 Å². The normalized spacial score (nSPS) is 12.3. The molecule has 0 aliphatic rings. The highest BCUT2D eigenvalue weighted by atomic mass is 31.2. The molecule has 0 aliphatic carbocycles. The van der Waals surface area contributed by atoms with E-state index in [1.54, 1.807) is 0 Å². The van der Waals surface area contributed by atoms with E-state index in [1.165, 1.54) is 5.30 Å². The highest BCUT2D eigenvalue weighted by molar-refractivity contribution is 7.81. The van der Waals surface area contributed by atoms with Gasteiger partial charge in [0.15, 0.2) is 0 Å². The molecular formula is C15H22O2P+. The first kappa shape index (κ1) is 14.9. The molecule has 1 rings (SSSR count). The zero-order chi connectivity index (χ0) is 13.6. The number of rotatable bonds is 5. The number of benzene rings is 1. The largest absolute Gasteiger partial charge is 0.463 e. The van der Waals surface area contributed by atoms with Crippen LogP contribution in [0, 0.1) is 0 Å². The molecule has 0 saturated carbocycles. The van der Waals surface area contributed by atoms with Crippen LogP contribution in [0.1, 0.15) is 13.8 Å². The summed E-state index contributed by atoms with van der Waals surface area (Å²) >= 11 is 0. The van der Waals surface area contributed by atoms with E-state index in [-0.39, 0.29) is 5.97 Å². The van der Waals surface area contributed by atoms with Crippen LogP contribution in [0.15, 0.2) is 42.0 Å². The first-order chi connectivity index (χ1) is 8.51. The van der Waals surface area contributed by atoms with Crippen molar-refractivity contribution in [3.05, 3.63) is 42.0 Å². The number of esters is 1. The van der Waals surface area contributed by atoms with Crippen molar-refractivity contribution in [2.24, 2.45) is 0 Å². The van der Waals surface area contributed by atoms with Crippen LogP contribution in [0.25, 0.3) is 0 Å². The summed E-state index contributed by atoms with van der Waals surface area (Å²) in [6, 6.07) is 10.4. The van der Waals surface area contributed by atoms with Crippen LogP contribution in [0.2, 0.25) is 0 Å². The molecule has 0 amide bonds. The third-order valence-electron chi connectivity index (χ3n) is 2.91. The van der Waals surface area contributed by atoms with Crippen LogP contribution in [-0.4, -0.2) is 32.1 Å². The van der Waals surface area contributed by atoms with Crippen molar-refractivity contribution < 1.29 is 9.53 Å². The fourth-order valence-corrected chi connectivity index (χ4v) is 4.17. The molecule has 0 bridgehead atoms. The molecule has 0 N–H and O–H groups in total. The van der Waals surface area contributed by atoms with Crippen molar-refractivity contribution in [1.29, 1.82) is 0 Å². The summed E-state index contributed by atoms with van der Waals surface area (Å²) in [5.74, 6) is -0.177. The van der Waals surface area contributed by atoms with Gasteiger partial charge in [-0.3, -0.25) is 0 Å². The molecule has 0 aliphatic heterocycles. The minimum Gasteiger partial charge on any atom is -0.463 e. The summed E-state index contributed by atoms with van der Waals surface area (Å²) in [7, 11) is -1.31. The fourth-order valence-electron chi connectivity index (χ4n) is 1.85. The fraction of sp³-hybridized carbons (Fsp3) is 0.400. The highest BCUT2D eigenvalue weighted by Gasteiger charge is 2.31. The maximum atomic E-state index is 11.8. The molecule has 98 valence electrons. The number of ether oxygens (including phenoxy) is 1. The number of allylic oxidation sites excluding steroid dienone is 1. The van der Waals surface area contributed by atoms with Gasteiger partial charge in [0.05, 0.1) is 37.0 Å². The van der Waals surface area contributed by atoms with Crippen molar-refractivity contribution in [3.63, 3.8) is 0 Å². The van der Waals surface area contributed by atoms with Gasteiger partial charge in [-0.1, -0.05) is 24.3 Å². The number of hydrogen-bond donors (Lipinski definition) is 0. The molecule has 0 radical (unpaired) electrons. The Morgan fingerprint density at radius 2 is 1.89 bits per heavy atom. The van der Waals surface area contributed by atoms with Gasteiger partial charge in [0.2, 0.25) is 0 Å². The summed E-state index contributed by atoms with van der Waals surface area (Å²) in [5, 5.41) is 1.34. The molecule has 0 unspecified atom stereocenters. The van der Waals surface area contributed by atoms with Gasteiger partial charge in [-0.05, 0) is 26.0 Å². The lowest BCUT2D eigenvalue weighted by molar-refractivity contribution is -0.138. The smallest absolute Gasteiger partial charge is 0.337 e. The molecule has 0 fully saturated rings. The lowest BCUT2D eigenvalue weighted by Crippen LogP contribution is -2.18. The van der Waals surface area contributed by atoms with E-state index in [0.717, 1.165) is 11.7 Å². The lowest BCUT2D eigenvalue weighted by Gasteiger charge is -2.19.